The summed E-state index contributed by atoms with van der Waals surface area (Å²) in [7, 11) is 1.97. The minimum absolute atomic E-state index is 0.440. The molecule has 0 radical (unpaired) electrons. The maximum Gasteiger partial charge on any atom is 0.190 e. The van der Waals surface area contributed by atoms with Crippen molar-refractivity contribution < 1.29 is 0 Å². The SMILES string of the molecule is CN(c1ccccc1)c1nc(-c2ncc(C#N)cn2)cs1. The number of para-hydroxylation sites is 1. The van der Waals surface area contributed by atoms with Crippen LogP contribution < -0.4 is 4.90 Å². The van der Waals surface area contributed by atoms with Crippen LogP contribution in [0.5, 0.6) is 0 Å². The summed E-state index contributed by atoms with van der Waals surface area (Å²) in [6.45, 7) is 0. The molecule has 3 rings (SSSR count). The second-order valence-corrected chi connectivity index (χ2v) is 5.15. The van der Waals surface area contributed by atoms with Crippen molar-refractivity contribution in [1.29, 1.82) is 5.26 Å². The molecule has 0 spiro atoms. The van der Waals surface area contributed by atoms with Crippen LogP contribution in [0.1, 0.15) is 5.56 Å². The van der Waals surface area contributed by atoms with E-state index in [0.29, 0.717) is 17.1 Å². The Morgan fingerprint density at radius 3 is 2.52 bits per heavy atom. The van der Waals surface area contributed by atoms with E-state index in [4.69, 9.17) is 5.26 Å². The molecule has 0 aliphatic carbocycles. The van der Waals surface area contributed by atoms with E-state index in [0.717, 1.165) is 10.8 Å². The molecule has 21 heavy (non-hydrogen) atoms. The lowest BCUT2D eigenvalue weighted by Crippen LogP contribution is -2.08. The van der Waals surface area contributed by atoms with Gasteiger partial charge in [0.15, 0.2) is 11.0 Å². The summed E-state index contributed by atoms with van der Waals surface area (Å²) < 4.78 is 0. The molecule has 0 saturated carbocycles. The molecule has 1 aromatic carbocycles. The highest BCUT2D eigenvalue weighted by Gasteiger charge is 2.11. The molecule has 5 nitrogen and oxygen atoms in total. The molecule has 0 aliphatic rings. The van der Waals surface area contributed by atoms with Crippen molar-refractivity contribution in [2.75, 3.05) is 11.9 Å². The Balaban J connectivity index is 1.87. The van der Waals surface area contributed by atoms with Crippen LogP contribution in [0.2, 0.25) is 0 Å². The fourth-order valence-corrected chi connectivity index (χ4v) is 2.59. The van der Waals surface area contributed by atoms with Crippen molar-refractivity contribution in [3.63, 3.8) is 0 Å². The maximum absolute atomic E-state index is 8.75. The third-order valence-corrected chi connectivity index (χ3v) is 3.85. The van der Waals surface area contributed by atoms with Crippen molar-refractivity contribution >= 4 is 22.2 Å². The molecule has 0 amide bonds. The van der Waals surface area contributed by atoms with E-state index in [1.165, 1.54) is 23.7 Å². The molecule has 6 heteroatoms. The zero-order chi connectivity index (χ0) is 14.7. The standard InChI is InChI=1S/C15H11N5S/c1-20(12-5-3-2-4-6-12)15-19-13(10-21-15)14-17-8-11(7-16)9-18-14/h2-6,8-10H,1H3. The summed E-state index contributed by atoms with van der Waals surface area (Å²) in [6.07, 6.45) is 3.00. The first-order valence-electron chi connectivity index (χ1n) is 6.25. The zero-order valence-corrected chi connectivity index (χ0v) is 12.1. The molecule has 0 aliphatic heterocycles. The Morgan fingerprint density at radius 2 is 1.86 bits per heavy atom. The zero-order valence-electron chi connectivity index (χ0n) is 11.3. The van der Waals surface area contributed by atoms with Crippen LogP contribution in [0, 0.1) is 11.3 Å². The molecule has 3 aromatic rings. The van der Waals surface area contributed by atoms with Gasteiger partial charge in [-0.25, -0.2) is 15.0 Å². The van der Waals surface area contributed by atoms with Gasteiger partial charge in [0, 0.05) is 30.5 Å². The fraction of sp³-hybridized carbons (Fsp3) is 0.0667. The smallest absolute Gasteiger partial charge is 0.190 e. The van der Waals surface area contributed by atoms with Crippen LogP contribution in [-0.4, -0.2) is 22.0 Å². The number of hydrogen-bond donors (Lipinski definition) is 0. The van der Waals surface area contributed by atoms with Crippen LogP contribution in [0.25, 0.3) is 11.5 Å². The van der Waals surface area contributed by atoms with E-state index in [-0.39, 0.29) is 0 Å². The van der Waals surface area contributed by atoms with E-state index < -0.39 is 0 Å². The highest BCUT2D eigenvalue weighted by Crippen LogP contribution is 2.29. The lowest BCUT2D eigenvalue weighted by Gasteiger charge is -2.15. The average molecular weight is 293 g/mol. The molecule has 0 saturated heterocycles. The number of nitrogens with zero attached hydrogens (tertiary/aromatic N) is 5. The summed E-state index contributed by atoms with van der Waals surface area (Å²) in [5, 5.41) is 11.5. The van der Waals surface area contributed by atoms with E-state index in [1.807, 2.05) is 53.7 Å². The number of nitriles is 1. The quantitative estimate of drug-likeness (QED) is 0.741. The van der Waals surface area contributed by atoms with Crippen LogP contribution >= 0.6 is 11.3 Å². The molecule has 0 N–H and O–H groups in total. The van der Waals surface area contributed by atoms with E-state index >= 15 is 0 Å². The van der Waals surface area contributed by atoms with Gasteiger partial charge in [-0.3, -0.25) is 0 Å². The predicted octanol–water partition coefficient (Wildman–Crippen LogP) is 3.24. The number of benzene rings is 1. The number of aromatic nitrogens is 3. The molecule has 2 heterocycles. The molecule has 0 fully saturated rings. The Hall–Kier alpha value is -2.78. The molecule has 0 unspecified atom stereocenters. The van der Waals surface area contributed by atoms with Gasteiger partial charge in [0.25, 0.3) is 0 Å². The highest BCUT2D eigenvalue weighted by atomic mass is 32.1. The van der Waals surface area contributed by atoms with E-state index in [1.54, 1.807) is 0 Å². The first kappa shape index (κ1) is 13.2. The minimum atomic E-state index is 0.440. The summed E-state index contributed by atoms with van der Waals surface area (Å²) in [5.41, 5.74) is 2.22. The number of anilines is 2. The summed E-state index contributed by atoms with van der Waals surface area (Å²) in [4.78, 5) is 14.9. The van der Waals surface area contributed by atoms with Gasteiger partial charge < -0.3 is 4.90 Å². The Labute approximate surface area is 126 Å². The number of thiazole rings is 1. The van der Waals surface area contributed by atoms with E-state index in [2.05, 4.69) is 15.0 Å². The first-order valence-corrected chi connectivity index (χ1v) is 7.13. The summed E-state index contributed by atoms with van der Waals surface area (Å²) in [6, 6.07) is 12.0. The van der Waals surface area contributed by atoms with Gasteiger partial charge in [0.2, 0.25) is 0 Å². The second kappa shape index (κ2) is 5.69. The van der Waals surface area contributed by atoms with Crippen molar-refractivity contribution in [1.82, 2.24) is 15.0 Å². The fourth-order valence-electron chi connectivity index (χ4n) is 1.80. The van der Waals surface area contributed by atoms with Crippen LogP contribution in [-0.2, 0) is 0 Å². The Bertz CT molecular complexity index is 774. The third-order valence-electron chi connectivity index (χ3n) is 2.93. The van der Waals surface area contributed by atoms with Crippen molar-refractivity contribution in [3.8, 4) is 17.6 Å². The van der Waals surface area contributed by atoms with Gasteiger partial charge in [-0.2, -0.15) is 5.26 Å². The van der Waals surface area contributed by atoms with Gasteiger partial charge in [-0.15, -0.1) is 11.3 Å². The van der Waals surface area contributed by atoms with E-state index in [9.17, 15) is 0 Å². The topological polar surface area (TPSA) is 65.7 Å². The Morgan fingerprint density at radius 1 is 1.14 bits per heavy atom. The molecule has 0 atom stereocenters. The Kier molecular flexibility index (Phi) is 3.58. The van der Waals surface area contributed by atoms with Gasteiger partial charge in [-0.1, -0.05) is 18.2 Å². The average Bonchev–Trinajstić information content (AvgIpc) is 3.05. The highest BCUT2D eigenvalue weighted by molar-refractivity contribution is 7.14. The second-order valence-electron chi connectivity index (χ2n) is 4.32. The van der Waals surface area contributed by atoms with Crippen molar-refractivity contribution in [3.05, 3.63) is 53.7 Å². The first-order chi connectivity index (χ1) is 10.3. The van der Waals surface area contributed by atoms with Gasteiger partial charge >= 0.3 is 0 Å². The van der Waals surface area contributed by atoms with Gasteiger partial charge in [0.1, 0.15) is 11.8 Å². The molecular weight excluding hydrogens is 282 g/mol. The maximum atomic E-state index is 8.75. The van der Waals surface area contributed by atoms with Crippen LogP contribution in [0.4, 0.5) is 10.8 Å². The van der Waals surface area contributed by atoms with Crippen molar-refractivity contribution in [2.45, 2.75) is 0 Å². The summed E-state index contributed by atoms with van der Waals surface area (Å²) in [5.74, 6) is 0.526. The monoisotopic (exact) mass is 293 g/mol. The largest absolute Gasteiger partial charge is 0.321 e. The number of hydrogen-bond acceptors (Lipinski definition) is 6. The predicted molar refractivity (Wildman–Crippen MR) is 82.4 cm³/mol. The third kappa shape index (κ3) is 2.73. The number of rotatable bonds is 3. The van der Waals surface area contributed by atoms with Gasteiger partial charge in [0.05, 0.1) is 5.56 Å². The van der Waals surface area contributed by atoms with Crippen LogP contribution in [0.15, 0.2) is 48.1 Å². The molecular formula is C15H11N5S. The van der Waals surface area contributed by atoms with Gasteiger partial charge in [-0.05, 0) is 12.1 Å². The lowest BCUT2D eigenvalue weighted by molar-refractivity contribution is 1.12. The minimum Gasteiger partial charge on any atom is -0.321 e. The van der Waals surface area contributed by atoms with Crippen LogP contribution in [0.3, 0.4) is 0 Å². The molecule has 0 bridgehead atoms. The van der Waals surface area contributed by atoms with Crippen molar-refractivity contribution in [2.24, 2.45) is 0 Å². The normalized spacial score (nSPS) is 10.1. The lowest BCUT2D eigenvalue weighted by atomic mass is 10.3. The molecule has 102 valence electrons. The summed E-state index contributed by atoms with van der Waals surface area (Å²) >= 11 is 1.53. The molecule has 2 aromatic heterocycles.